The second-order valence-corrected chi connectivity index (χ2v) is 7.30. The first kappa shape index (κ1) is 23.6. The van der Waals surface area contributed by atoms with E-state index in [9.17, 15) is 14.4 Å². The zero-order chi connectivity index (χ0) is 23.6. The van der Waals surface area contributed by atoms with E-state index in [1.54, 1.807) is 71.8 Å². The molecule has 0 spiro atoms. The summed E-state index contributed by atoms with van der Waals surface area (Å²) in [6.07, 6.45) is 1.55. The predicted molar refractivity (Wildman–Crippen MR) is 127 cm³/mol. The van der Waals surface area contributed by atoms with E-state index in [-0.39, 0.29) is 24.3 Å². The number of furan rings is 1. The van der Waals surface area contributed by atoms with Crippen LogP contribution < -0.4 is 16.0 Å². The minimum atomic E-state index is -0.228. The predicted octanol–water partition coefficient (Wildman–Crippen LogP) is 3.74. The highest BCUT2D eigenvalue weighted by atomic mass is 16.3. The van der Waals surface area contributed by atoms with Gasteiger partial charge in [-0.2, -0.15) is 0 Å². The van der Waals surface area contributed by atoms with Crippen LogP contribution in [0.2, 0.25) is 0 Å². The highest BCUT2D eigenvalue weighted by Gasteiger charge is 2.12. The Labute approximate surface area is 193 Å². The van der Waals surface area contributed by atoms with E-state index in [2.05, 4.69) is 16.0 Å². The Morgan fingerprint density at radius 1 is 0.848 bits per heavy atom. The van der Waals surface area contributed by atoms with Crippen LogP contribution >= 0.6 is 0 Å². The third kappa shape index (κ3) is 6.70. The van der Waals surface area contributed by atoms with Gasteiger partial charge in [0.05, 0.1) is 19.4 Å². The third-order valence-electron chi connectivity index (χ3n) is 5.07. The van der Waals surface area contributed by atoms with Crippen LogP contribution in [-0.2, 0) is 11.3 Å². The molecule has 0 saturated carbocycles. The van der Waals surface area contributed by atoms with Gasteiger partial charge in [-0.3, -0.25) is 14.4 Å². The standard InChI is InChI=1S/C25H28N4O4/c1-3-29(4-2)25(32)19-9-11-20(12-10-19)26-17-23(30)28-21-13-7-18(8-14-21)24(31)27-16-22-6-5-15-33-22/h5-15,26H,3-4,16-17H2,1-2H3,(H,27,31)(H,28,30). The number of hydrogen-bond acceptors (Lipinski definition) is 5. The minimum absolute atomic E-state index is 0.0117. The molecule has 0 fully saturated rings. The molecule has 1 heterocycles. The number of nitrogens with one attached hydrogen (secondary N) is 3. The molecule has 2 aromatic carbocycles. The summed E-state index contributed by atoms with van der Waals surface area (Å²) in [6, 6.07) is 17.2. The molecule has 1 aromatic heterocycles. The third-order valence-corrected chi connectivity index (χ3v) is 5.07. The highest BCUT2D eigenvalue weighted by Crippen LogP contribution is 2.13. The molecule has 3 aromatic rings. The quantitative estimate of drug-likeness (QED) is 0.438. The minimum Gasteiger partial charge on any atom is -0.467 e. The summed E-state index contributed by atoms with van der Waals surface area (Å²) in [5, 5.41) is 8.59. The maximum absolute atomic E-state index is 12.4. The van der Waals surface area contributed by atoms with Crippen molar-refractivity contribution in [2.24, 2.45) is 0 Å². The van der Waals surface area contributed by atoms with Crippen molar-refractivity contribution >= 4 is 29.1 Å². The van der Waals surface area contributed by atoms with Crippen molar-refractivity contribution in [1.82, 2.24) is 10.2 Å². The van der Waals surface area contributed by atoms with E-state index < -0.39 is 0 Å². The van der Waals surface area contributed by atoms with Crippen LogP contribution in [0.4, 0.5) is 11.4 Å². The Morgan fingerprint density at radius 3 is 2.09 bits per heavy atom. The van der Waals surface area contributed by atoms with Crippen LogP contribution in [0.5, 0.6) is 0 Å². The fourth-order valence-corrected chi connectivity index (χ4v) is 3.20. The molecule has 33 heavy (non-hydrogen) atoms. The van der Waals surface area contributed by atoms with Gasteiger partial charge in [-0.25, -0.2) is 0 Å². The fourth-order valence-electron chi connectivity index (χ4n) is 3.20. The summed E-state index contributed by atoms with van der Waals surface area (Å²) >= 11 is 0. The van der Waals surface area contributed by atoms with Crippen molar-refractivity contribution in [1.29, 1.82) is 0 Å². The Morgan fingerprint density at radius 2 is 1.48 bits per heavy atom. The molecule has 0 aliphatic rings. The lowest BCUT2D eigenvalue weighted by atomic mass is 10.1. The van der Waals surface area contributed by atoms with E-state index in [1.807, 2.05) is 13.8 Å². The van der Waals surface area contributed by atoms with Crippen LogP contribution in [0.25, 0.3) is 0 Å². The summed E-state index contributed by atoms with van der Waals surface area (Å²) in [6.45, 7) is 5.58. The SMILES string of the molecule is CCN(CC)C(=O)c1ccc(NCC(=O)Nc2ccc(C(=O)NCc3ccco3)cc2)cc1. The zero-order valence-corrected chi connectivity index (χ0v) is 18.8. The number of carbonyl (C=O) groups excluding carboxylic acids is 3. The van der Waals surface area contributed by atoms with E-state index in [0.29, 0.717) is 42.2 Å². The monoisotopic (exact) mass is 448 g/mol. The fraction of sp³-hybridized carbons (Fsp3) is 0.240. The first-order valence-corrected chi connectivity index (χ1v) is 10.8. The number of anilines is 2. The molecule has 0 radical (unpaired) electrons. The second-order valence-electron chi connectivity index (χ2n) is 7.30. The van der Waals surface area contributed by atoms with Crippen LogP contribution in [-0.4, -0.2) is 42.3 Å². The molecule has 0 unspecified atom stereocenters. The van der Waals surface area contributed by atoms with Crippen molar-refractivity contribution in [3.05, 3.63) is 83.8 Å². The van der Waals surface area contributed by atoms with Crippen molar-refractivity contribution in [2.75, 3.05) is 30.3 Å². The molecular weight excluding hydrogens is 420 g/mol. The summed E-state index contributed by atoms with van der Waals surface area (Å²) < 4.78 is 5.19. The van der Waals surface area contributed by atoms with Crippen LogP contribution in [0, 0.1) is 0 Å². The molecule has 8 nitrogen and oxygen atoms in total. The molecule has 0 bridgehead atoms. The Kier molecular flexibility index (Phi) is 8.24. The van der Waals surface area contributed by atoms with Crippen LogP contribution in [0.15, 0.2) is 71.3 Å². The van der Waals surface area contributed by atoms with Crippen LogP contribution in [0.3, 0.4) is 0 Å². The Hall–Kier alpha value is -4.07. The highest BCUT2D eigenvalue weighted by molar-refractivity contribution is 5.97. The van der Waals surface area contributed by atoms with Crippen molar-refractivity contribution < 1.29 is 18.8 Å². The first-order valence-electron chi connectivity index (χ1n) is 10.8. The summed E-state index contributed by atoms with van der Waals surface area (Å²) in [5.74, 6) is 0.203. The molecule has 3 rings (SSSR count). The maximum atomic E-state index is 12.4. The normalized spacial score (nSPS) is 10.4. The zero-order valence-electron chi connectivity index (χ0n) is 18.8. The van der Waals surface area contributed by atoms with Gasteiger partial charge >= 0.3 is 0 Å². The Balaban J connectivity index is 1.45. The molecule has 0 aliphatic heterocycles. The average molecular weight is 449 g/mol. The topological polar surface area (TPSA) is 104 Å². The number of benzene rings is 2. The number of rotatable bonds is 10. The molecule has 0 saturated heterocycles. The van der Waals surface area contributed by atoms with Gasteiger partial charge in [0.2, 0.25) is 5.91 Å². The number of amides is 3. The largest absolute Gasteiger partial charge is 0.467 e. The summed E-state index contributed by atoms with van der Waals surface area (Å²) in [5.41, 5.74) is 2.42. The van der Waals surface area contributed by atoms with Gasteiger partial charge in [-0.15, -0.1) is 0 Å². The number of carbonyl (C=O) groups is 3. The molecular formula is C25H28N4O4. The second kappa shape index (κ2) is 11.5. The molecule has 3 amide bonds. The van der Waals surface area contributed by atoms with Gasteiger partial charge in [0.1, 0.15) is 5.76 Å². The molecule has 8 heteroatoms. The van der Waals surface area contributed by atoms with E-state index in [1.165, 1.54) is 0 Å². The smallest absolute Gasteiger partial charge is 0.253 e. The first-order chi connectivity index (χ1) is 16.0. The molecule has 3 N–H and O–H groups in total. The number of hydrogen-bond donors (Lipinski definition) is 3. The summed E-state index contributed by atoms with van der Waals surface area (Å²) in [7, 11) is 0. The van der Waals surface area contributed by atoms with Gasteiger partial charge in [-0.1, -0.05) is 0 Å². The average Bonchev–Trinajstić information content (AvgIpc) is 3.36. The van der Waals surface area contributed by atoms with Crippen molar-refractivity contribution in [2.45, 2.75) is 20.4 Å². The van der Waals surface area contributed by atoms with Gasteiger partial charge in [0.25, 0.3) is 11.8 Å². The number of nitrogens with zero attached hydrogens (tertiary/aromatic N) is 1. The Bertz CT molecular complexity index is 1060. The van der Waals surface area contributed by atoms with Gasteiger partial charge in [0.15, 0.2) is 0 Å². The lowest BCUT2D eigenvalue weighted by Gasteiger charge is -2.18. The van der Waals surface area contributed by atoms with Crippen molar-refractivity contribution in [3.63, 3.8) is 0 Å². The molecule has 0 aliphatic carbocycles. The lowest BCUT2D eigenvalue weighted by Crippen LogP contribution is -2.30. The summed E-state index contributed by atoms with van der Waals surface area (Å²) in [4.78, 5) is 38.6. The lowest BCUT2D eigenvalue weighted by molar-refractivity contribution is -0.114. The van der Waals surface area contributed by atoms with Crippen LogP contribution in [0.1, 0.15) is 40.3 Å². The van der Waals surface area contributed by atoms with E-state index >= 15 is 0 Å². The van der Waals surface area contributed by atoms with E-state index in [0.717, 1.165) is 5.69 Å². The van der Waals surface area contributed by atoms with E-state index in [4.69, 9.17) is 4.42 Å². The van der Waals surface area contributed by atoms with Gasteiger partial charge in [0, 0.05) is 35.6 Å². The van der Waals surface area contributed by atoms with Crippen molar-refractivity contribution in [3.8, 4) is 0 Å². The van der Waals surface area contributed by atoms with Gasteiger partial charge in [-0.05, 0) is 74.5 Å². The molecule has 0 atom stereocenters. The maximum Gasteiger partial charge on any atom is 0.253 e. The molecule has 172 valence electrons. The van der Waals surface area contributed by atoms with Gasteiger partial charge < -0.3 is 25.3 Å².